The maximum atomic E-state index is 12.8. The monoisotopic (exact) mass is 494 g/mol. The number of hydrogen-bond acceptors (Lipinski definition) is 3. The van der Waals surface area contributed by atoms with Crippen molar-refractivity contribution in [1.82, 2.24) is 15.5 Å². The summed E-state index contributed by atoms with van der Waals surface area (Å²) in [5, 5.41) is 6.73. The van der Waals surface area contributed by atoms with Crippen LogP contribution in [0.5, 0.6) is 5.75 Å². The van der Waals surface area contributed by atoms with Crippen molar-refractivity contribution in [3.05, 3.63) is 30.1 Å². The lowest BCUT2D eigenvalue weighted by molar-refractivity contribution is 0.292. The summed E-state index contributed by atoms with van der Waals surface area (Å²) in [4.78, 5) is 6.72. The molecule has 1 aromatic carbocycles. The van der Waals surface area contributed by atoms with Crippen molar-refractivity contribution in [3.8, 4) is 5.75 Å². The van der Waals surface area contributed by atoms with Crippen LogP contribution in [0.1, 0.15) is 40.0 Å². The molecule has 0 saturated carbocycles. The van der Waals surface area contributed by atoms with E-state index in [4.69, 9.17) is 4.74 Å². The van der Waals surface area contributed by atoms with Gasteiger partial charge in [-0.15, -0.1) is 24.0 Å². The smallest absolute Gasteiger partial charge is 0.191 e. The molecule has 27 heavy (non-hydrogen) atoms. The van der Waals surface area contributed by atoms with Crippen LogP contribution >= 0.6 is 24.0 Å². The molecule has 0 radical (unpaired) electrons. The first-order valence-corrected chi connectivity index (χ1v) is 9.66. The van der Waals surface area contributed by atoms with E-state index in [9.17, 15) is 4.39 Å². The number of benzene rings is 1. The molecule has 0 fully saturated rings. The Balaban J connectivity index is 0.00000676. The van der Waals surface area contributed by atoms with Gasteiger partial charge in [-0.1, -0.05) is 13.8 Å². The summed E-state index contributed by atoms with van der Waals surface area (Å²) in [6.45, 7) is 11.3. The first-order valence-electron chi connectivity index (χ1n) is 9.66. The van der Waals surface area contributed by atoms with Gasteiger partial charge in [0.25, 0.3) is 0 Å². The highest BCUT2D eigenvalue weighted by Gasteiger charge is 2.06. The fourth-order valence-electron chi connectivity index (χ4n) is 2.66. The Bertz CT molecular complexity index is 509. The average molecular weight is 494 g/mol. The SMILES string of the molecule is CCN(CC)CCCC(C)NC(=NC)NCCCOc1ccc(F)cc1.I. The number of hydrogen-bond donors (Lipinski definition) is 2. The minimum absolute atomic E-state index is 0. The Morgan fingerprint density at radius 3 is 2.44 bits per heavy atom. The number of halogens is 2. The van der Waals surface area contributed by atoms with Crippen LogP contribution in [0.15, 0.2) is 29.3 Å². The van der Waals surface area contributed by atoms with E-state index in [1.165, 1.54) is 18.6 Å². The highest BCUT2D eigenvalue weighted by molar-refractivity contribution is 14.0. The second-order valence-corrected chi connectivity index (χ2v) is 6.37. The lowest BCUT2D eigenvalue weighted by Crippen LogP contribution is -2.43. The lowest BCUT2D eigenvalue weighted by atomic mass is 10.2. The van der Waals surface area contributed by atoms with E-state index in [0.29, 0.717) is 18.4 Å². The van der Waals surface area contributed by atoms with Gasteiger partial charge in [0.2, 0.25) is 0 Å². The van der Waals surface area contributed by atoms with Gasteiger partial charge < -0.3 is 20.3 Å². The van der Waals surface area contributed by atoms with Crippen molar-refractivity contribution in [2.75, 3.05) is 39.8 Å². The summed E-state index contributed by atoms with van der Waals surface area (Å²) in [6, 6.07) is 6.47. The largest absolute Gasteiger partial charge is 0.494 e. The molecular weight excluding hydrogens is 458 g/mol. The van der Waals surface area contributed by atoms with Gasteiger partial charge in [-0.05, 0) is 70.1 Å². The van der Waals surface area contributed by atoms with Crippen molar-refractivity contribution in [1.29, 1.82) is 0 Å². The van der Waals surface area contributed by atoms with E-state index in [1.54, 1.807) is 19.2 Å². The molecule has 0 bridgehead atoms. The van der Waals surface area contributed by atoms with Gasteiger partial charge in [0.1, 0.15) is 11.6 Å². The van der Waals surface area contributed by atoms with Crippen LogP contribution in [0, 0.1) is 5.82 Å². The van der Waals surface area contributed by atoms with E-state index >= 15 is 0 Å². The first-order chi connectivity index (χ1) is 12.6. The Labute approximate surface area is 181 Å². The predicted octanol–water partition coefficient (Wildman–Crippen LogP) is 3.89. The number of rotatable bonds is 12. The summed E-state index contributed by atoms with van der Waals surface area (Å²) in [5.41, 5.74) is 0. The van der Waals surface area contributed by atoms with Crippen LogP contribution in [-0.4, -0.2) is 56.7 Å². The second kappa shape index (κ2) is 15.9. The van der Waals surface area contributed by atoms with Crippen LogP contribution in [0.25, 0.3) is 0 Å². The third-order valence-corrected chi connectivity index (χ3v) is 4.31. The number of nitrogens with one attached hydrogen (secondary N) is 2. The second-order valence-electron chi connectivity index (χ2n) is 6.37. The molecule has 1 unspecified atom stereocenters. The highest BCUT2D eigenvalue weighted by atomic mass is 127. The number of nitrogens with zero attached hydrogens (tertiary/aromatic N) is 2. The summed E-state index contributed by atoms with van der Waals surface area (Å²) in [7, 11) is 1.78. The highest BCUT2D eigenvalue weighted by Crippen LogP contribution is 2.10. The lowest BCUT2D eigenvalue weighted by Gasteiger charge is -2.21. The van der Waals surface area contributed by atoms with Gasteiger partial charge in [0.15, 0.2) is 5.96 Å². The van der Waals surface area contributed by atoms with Gasteiger partial charge in [-0.25, -0.2) is 4.39 Å². The molecular formula is C20H36FIN4O. The summed E-state index contributed by atoms with van der Waals surface area (Å²) in [5.74, 6) is 1.26. The van der Waals surface area contributed by atoms with Gasteiger partial charge in [-0.3, -0.25) is 4.99 Å². The molecule has 0 saturated heterocycles. The molecule has 0 aromatic heterocycles. The molecule has 1 rings (SSSR count). The zero-order valence-electron chi connectivity index (χ0n) is 17.1. The quantitative estimate of drug-likeness (QED) is 0.200. The number of guanidine groups is 1. The minimum Gasteiger partial charge on any atom is -0.494 e. The summed E-state index contributed by atoms with van der Waals surface area (Å²) in [6.07, 6.45) is 3.14. The maximum Gasteiger partial charge on any atom is 0.191 e. The number of ether oxygens (including phenoxy) is 1. The zero-order valence-corrected chi connectivity index (χ0v) is 19.5. The van der Waals surface area contributed by atoms with Crippen molar-refractivity contribution in [2.45, 2.75) is 46.1 Å². The molecule has 156 valence electrons. The van der Waals surface area contributed by atoms with Crippen LogP contribution < -0.4 is 15.4 Å². The van der Waals surface area contributed by atoms with Crippen molar-refractivity contribution < 1.29 is 9.13 Å². The summed E-state index contributed by atoms with van der Waals surface area (Å²) < 4.78 is 18.4. The van der Waals surface area contributed by atoms with Crippen molar-refractivity contribution in [3.63, 3.8) is 0 Å². The molecule has 0 aliphatic carbocycles. The molecule has 0 spiro atoms. The molecule has 1 aromatic rings. The maximum absolute atomic E-state index is 12.8. The Hall–Kier alpha value is -1.09. The number of aliphatic imine (C=N–C) groups is 1. The third-order valence-electron chi connectivity index (χ3n) is 4.31. The van der Waals surface area contributed by atoms with E-state index < -0.39 is 0 Å². The van der Waals surface area contributed by atoms with Crippen LogP contribution in [-0.2, 0) is 0 Å². The minimum atomic E-state index is -0.250. The summed E-state index contributed by atoms with van der Waals surface area (Å²) >= 11 is 0. The molecule has 2 N–H and O–H groups in total. The molecule has 5 nitrogen and oxygen atoms in total. The van der Waals surface area contributed by atoms with Gasteiger partial charge in [0, 0.05) is 19.6 Å². The topological polar surface area (TPSA) is 48.9 Å². The van der Waals surface area contributed by atoms with E-state index in [1.807, 2.05) is 0 Å². The fraction of sp³-hybridized carbons (Fsp3) is 0.650. The van der Waals surface area contributed by atoms with Gasteiger partial charge in [0.05, 0.1) is 6.61 Å². The molecule has 1 atom stereocenters. The predicted molar refractivity (Wildman–Crippen MR) is 123 cm³/mol. The molecule has 7 heteroatoms. The van der Waals surface area contributed by atoms with Gasteiger partial charge in [-0.2, -0.15) is 0 Å². The molecule has 0 amide bonds. The molecule has 0 aliphatic rings. The third kappa shape index (κ3) is 12.1. The Kier molecular flexibility index (Phi) is 15.3. The molecule has 0 heterocycles. The molecule has 0 aliphatic heterocycles. The van der Waals surface area contributed by atoms with Gasteiger partial charge >= 0.3 is 0 Å². The van der Waals surface area contributed by atoms with Crippen molar-refractivity contribution >= 4 is 29.9 Å². The Morgan fingerprint density at radius 1 is 1.19 bits per heavy atom. The van der Waals surface area contributed by atoms with Crippen molar-refractivity contribution in [2.24, 2.45) is 4.99 Å². The van der Waals surface area contributed by atoms with E-state index in [0.717, 1.165) is 45.0 Å². The standard InChI is InChI=1S/C20H35FN4O.HI/c1-5-25(6-2)15-7-9-17(3)24-20(22-4)23-14-8-16-26-19-12-10-18(21)11-13-19;/h10-13,17H,5-9,14-16H2,1-4H3,(H2,22,23,24);1H. The average Bonchev–Trinajstić information content (AvgIpc) is 2.65. The Morgan fingerprint density at radius 2 is 1.85 bits per heavy atom. The van der Waals surface area contributed by atoms with E-state index in [2.05, 4.69) is 41.3 Å². The van der Waals surface area contributed by atoms with Crippen LogP contribution in [0.2, 0.25) is 0 Å². The fourth-order valence-corrected chi connectivity index (χ4v) is 2.66. The van der Waals surface area contributed by atoms with Crippen LogP contribution in [0.4, 0.5) is 4.39 Å². The van der Waals surface area contributed by atoms with E-state index in [-0.39, 0.29) is 29.8 Å². The van der Waals surface area contributed by atoms with Crippen LogP contribution in [0.3, 0.4) is 0 Å². The normalized spacial score (nSPS) is 12.4. The first kappa shape index (κ1) is 25.9. The zero-order chi connectivity index (χ0) is 19.2.